The maximum atomic E-state index is 8.88. The Morgan fingerprint density at radius 1 is 1.21 bits per heavy atom. The molecule has 2 nitrogen and oxygen atoms in total. The Balaban J connectivity index is 1.74. The summed E-state index contributed by atoms with van der Waals surface area (Å²) in [5.74, 6) is 0.303. The SMILES string of the molecule is Cc1ccc(CCNC2CCC(C#N)CC2)c(C)c1. The first-order chi connectivity index (χ1) is 9.19. The minimum Gasteiger partial charge on any atom is -0.314 e. The highest BCUT2D eigenvalue weighted by atomic mass is 14.9. The molecule has 102 valence electrons. The van der Waals surface area contributed by atoms with E-state index in [2.05, 4.69) is 43.4 Å². The van der Waals surface area contributed by atoms with Gasteiger partial charge in [-0.15, -0.1) is 0 Å². The van der Waals surface area contributed by atoms with Crippen molar-refractivity contribution in [1.29, 1.82) is 5.26 Å². The van der Waals surface area contributed by atoms with Crippen molar-refractivity contribution in [3.05, 3.63) is 34.9 Å². The van der Waals surface area contributed by atoms with Gasteiger partial charge in [0.25, 0.3) is 0 Å². The zero-order chi connectivity index (χ0) is 13.7. The molecule has 0 amide bonds. The number of rotatable bonds is 4. The maximum Gasteiger partial charge on any atom is 0.0655 e. The van der Waals surface area contributed by atoms with E-state index in [1.807, 2.05) is 0 Å². The third kappa shape index (κ3) is 4.08. The molecule has 1 fully saturated rings. The summed E-state index contributed by atoms with van der Waals surface area (Å²) in [4.78, 5) is 0. The molecule has 2 rings (SSSR count). The maximum absolute atomic E-state index is 8.88. The van der Waals surface area contributed by atoms with Crippen LogP contribution in [-0.2, 0) is 6.42 Å². The lowest BCUT2D eigenvalue weighted by Gasteiger charge is -2.25. The smallest absolute Gasteiger partial charge is 0.0655 e. The van der Waals surface area contributed by atoms with Crippen LogP contribution in [0.1, 0.15) is 42.4 Å². The second kappa shape index (κ2) is 6.73. The molecule has 0 saturated heterocycles. The molecule has 0 atom stereocenters. The van der Waals surface area contributed by atoms with Gasteiger partial charge in [0.15, 0.2) is 0 Å². The van der Waals surface area contributed by atoms with Crippen LogP contribution in [0, 0.1) is 31.1 Å². The molecule has 0 spiro atoms. The molecule has 1 aromatic rings. The summed E-state index contributed by atoms with van der Waals surface area (Å²) < 4.78 is 0. The van der Waals surface area contributed by atoms with E-state index in [1.165, 1.54) is 16.7 Å². The Labute approximate surface area is 116 Å². The van der Waals surface area contributed by atoms with Gasteiger partial charge in [0, 0.05) is 12.0 Å². The zero-order valence-electron chi connectivity index (χ0n) is 12.1. The lowest BCUT2D eigenvalue weighted by Crippen LogP contribution is -2.34. The van der Waals surface area contributed by atoms with Crippen molar-refractivity contribution in [1.82, 2.24) is 5.32 Å². The summed E-state index contributed by atoms with van der Waals surface area (Å²) in [6.07, 6.45) is 5.55. The van der Waals surface area contributed by atoms with E-state index in [-0.39, 0.29) is 0 Å². The number of hydrogen-bond donors (Lipinski definition) is 1. The van der Waals surface area contributed by atoms with Gasteiger partial charge < -0.3 is 5.32 Å². The molecule has 1 N–H and O–H groups in total. The summed E-state index contributed by atoms with van der Waals surface area (Å²) in [6, 6.07) is 9.71. The number of nitriles is 1. The molecule has 1 aliphatic rings. The third-order valence-corrected chi connectivity index (χ3v) is 4.24. The topological polar surface area (TPSA) is 35.8 Å². The average Bonchev–Trinajstić information content (AvgIpc) is 2.42. The minimum absolute atomic E-state index is 0.303. The van der Waals surface area contributed by atoms with Gasteiger partial charge in [0.2, 0.25) is 0 Å². The van der Waals surface area contributed by atoms with Crippen molar-refractivity contribution in [2.45, 2.75) is 52.0 Å². The Kier molecular flexibility index (Phi) is 4.99. The third-order valence-electron chi connectivity index (χ3n) is 4.24. The van der Waals surface area contributed by atoms with Crippen LogP contribution in [0.25, 0.3) is 0 Å². The Bertz CT molecular complexity index is 451. The van der Waals surface area contributed by atoms with Crippen LogP contribution < -0.4 is 5.32 Å². The van der Waals surface area contributed by atoms with Crippen LogP contribution in [0.4, 0.5) is 0 Å². The molecule has 1 aromatic carbocycles. The molecule has 0 aliphatic heterocycles. The standard InChI is InChI=1S/C17H24N2/c1-13-3-6-16(14(2)11-13)9-10-19-17-7-4-15(12-18)5-8-17/h3,6,11,15,17,19H,4-5,7-10H2,1-2H3. The van der Waals surface area contributed by atoms with Gasteiger partial charge in [0.1, 0.15) is 0 Å². The molecular formula is C17H24N2. The lowest BCUT2D eigenvalue weighted by molar-refractivity contribution is 0.334. The van der Waals surface area contributed by atoms with Crippen LogP contribution in [0.3, 0.4) is 0 Å². The van der Waals surface area contributed by atoms with Crippen molar-refractivity contribution in [3.63, 3.8) is 0 Å². The number of aryl methyl sites for hydroxylation is 2. The largest absolute Gasteiger partial charge is 0.314 e. The van der Waals surface area contributed by atoms with Crippen LogP contribution in [0.15, 0.2) is 18.2 Å². The average molecular weight is 256 g/mol. The zero-order valence-corrected chi connectivity index (χ0v) is 12.1. The summed E-state index contributed by atoms with van der Waals surface area (Å²) in [6.45, 7) is 5.38. The molecule has 0 aromatic heterocycles. The molecule has 0 bridgehead atoms. The molecule has 1 aliphatic carbocycles. The van der Waals surface area contributed by atoms with Gasteiger partial charge in [-0.1, -0.05) is 23.8 Å². The molecule has 0 radical (unpaired) electrons. The predicted molar refractivity (Wildman–Crippen MR) is 79.0 cm³/mol. The molecule has 2 heteroatoms. The Hall–Kier alpha value is -1.33. The molecule has 19 heavy (non-hydrogen) atoms. The summed E-state index contributed by atoms with van der Waals surface area (Å²) in [5, 5.41) is 12.5. The fraction of sp³-hybridized carbons (Fsp3) is 0.588. The van der Waals surface area contributed by atoms with Gasteiger partial charge in [-0.25, -0.2) is 0 Å². The van der Waals surface area contributed by atoms with Gasteiger partial charge in [-0.05, 0) is 63.6 Å². The van der Waals surface area contributed by atoms with Crippen molar-refractivity contribution >= 4 is 0 Å². The van der Waals surface area contributed by atoms with Crippen LogP contribution >= 0.6 is 0 Å². The van der Waals surface area contributed by atoms with E-state index in [4.69, 9.17) is 5.26 Å². The summed E-state index contributed by atoms with van der Waals surface area (Å²) in [7, 11) is 0. The Morgan fingerprint density at radius 3 is 2.58 bits per heavy atom. The van der Waals surface area contributed by atoms with E-state index in [0.717, 1.165) is 38.6 Å². The number of hydrogen-bond acceptors (Lipinski definition) is 2. The lowest BCUT2D eigenvalue weighted by atomic mass is 9.87. The summed E-state index contributed by atoms with van der Waals surface area (Å²) in [5.41, 5.74) is 4.18. The van der Waals surface area contributed by atoms with Gasteiger partial charge in [0.05, 0.1) is 6.07 Å². The Morgan fingerprint density at radius 2 is 1.95 bits per heavy atom. The number of nitrogens with zero attached hydrogens (tertiary/aromatic N) is 1. The van der Waals surface area contributed by atoms with E-state index in [0.29, 0.717) is 12.0 Å². The molecular weight excluding hydrogens is 232 g/mol. The van der Waals surface area contributed by atoms with Crippen LogP contribution in [0.5, 0.6) is 0 Å². The fourth-order valence-corrected chi connectivity index (χ4v) is 2.96. The fourth-order valence-electron chi connectivity index (χ4n) is 2.96. The molecule has 1 saturated carbocycles. The second-order valence-electron chi connectivity index (χ2n) is 5.81. The first-order valence-electron chi connectivity index (χ1n) is 7.38. The predicted octanol–water partition coefficient (Wildman–Crippen LogP) is 3.52. The highest BCUT2D eigenvalue weighted by Gasteiger charge is 2.19. The van der Waals surface area contributed by atoms with Gasteiger partial charge >= 0.3 is 0 Å². The van der Waals surface area contributed by atoms with Crippen molar-refractivity contribution in [3.8, 4) is 6.07 Å². The minimum atomic E-state index is 0.303. The normalized spacial score (nSPS) is 23.0. The van der Waals surface area contributed by atoms with Crippen molar-refractivity contribution in [2.75, 3.05) is 6.54 Å². The quantitative estimate of drug-likeness (QED) is 0.894. The van der Waals surface area contributed by atoms with E-state index in [9.17, 15) is 0 Å². The number of nitrogens with one attached hydrogen (secondary N) is 1. The van der Waals surface area contributed by atoms with Crippen LogP contribution in [-0.4, -0.2) is 12.6 Å². The van der Waals surface area contributed by atoms with E-state index in [1.54, 1.807) is 0 Å². The second-order valence-corrected chi connectivity index (χ2v) is 5.81. The first-order valence-corrected chi connectivity index (χ1v) is 7.38. The van der Waals surface area contributed by atoms with E-state index >= 15 is 0 Å². The van der Waals surface area contributed by atoms with E-state index < -0.39 is 0 Å². The van der Waals surface area contributed by atoms with Gasteiger partial charge in [-0.3, -0.25) is 0 Å². The monoisotopic (exact) mass is 256 g/mol. The van der Waals surface area contributed by atoms with Gasteiger partial charge in [-0.2, -0.15) is 5.26 Å². The summed E-state index contributed by atoms with van der Waals surface area (Å²) >= 11 is 0. The molecule has 0 heterocycles. The number of benzene rings is 1. The highest BCUT2D eigenvalue weighted by molar-refractivity contribution is 5.30. The van der Waals surface area contributed by atoms with Crippen LogP contribution in [0.2, 0.25) is 0 Å². The first kappa shape index (κ1) is 14.1. The van der Waals surface area contributed by atoms with Crippen molar-refractivity contribution in [2.24, 2.45) is 5.92 Å². The van der Waals surface area contributed by atoms with Crippen molar-refractivity contribution < 1.29 is 0 Å². The molecule has 0 unspecified atom stereocenters. The highest BCUT2D eigenvalue weighted by Crippen LogP contribution is 2.23.